The fourth-order valence-corrected chi connectivity index (χ4v) is 15.4. The number of ether oxygens (including phenoxy) is 12. The molecule has 0 aromatic heterocycles. The van der Waals surface area contributed by atoms with Gasteiger partial charge in [-0.3, -0.25) is 57.7 Å². The third kappa shape index (κ3) is 19.6. The molecule has 6 aliphatic rings. The molecule has 4 fully saturated rings. The SMILES string of the molecule is CC(C)(C)c1ccc(Oc2cc3c4c(cc(Oc5ccc(C(C)(C)C)cc5)c5c6c(Oc7ccc(C(C)(C)C)cc7)cc7c8c(cc(Oc9ccc(C(C)(C)C)cc9)c(c2c45)c86)C(=O)N(CC(=O)N(CCCC(=O)OCC2CO2)CCCC(=O)OCC2CO2)C7=O)C(=O)N(CC(=O)N(CCCC(=O)OCC2CO2)CCCC(=O)OCC2CO2)C3=O)cc1. The Morgan fingerprint density at radius 1 is 0.320 bits per heavy atom. The van der Waals surface area contributed by atoms with Gasteiger partial charge in [0.15, 0.2) is 0 Å². The van der Waals surface area contributed by atoms with E-state index in [1.54, 1.807) is 48.5 Å². The smallest absolute Gasteiger partial charge is 0.305 e. The third-order valence-corrected chi connectivity index (χ3v) is 22.7. The number of hydrogen-bond acceptors (Lipinski definition) is 22. The van der Waals surface area contributed by atoms with Gasteiger partial charge in [-0.15, -0.1) is 0 Å². The summed E-state index contributed by atoms with van der Waals surface area (Å²) in [7, 11) is 0. The second kappa shape index (κ2) is 34.7. The Morgan fingerprint density at radius 2 is 0.525 bits per heavy atom. The molecule has 6 heterocycles. The summed E-state index contributed by atoms with van der Waals surface area (Å²) >= 11 is 0. The van der Waals surface area contributed by atoms with Crippen molar-refractivity contribution in [1.82, 2.24) is 19.6 Å². The van der Waals surface area contributed by atoms with Crippen LogP contribution < -0.4 is 18.9 Å². The van der Waals surface area contributed by atoms with Gasteiger partial charge in [0, 0.05) is 95.0 Å². The number of imide groups is 2. The molecule has 0 radical (unpaired) electrons. The first-order chi connectivity index (χ1) is 58.1. The molecule has 122 heavy (non-hydrogen) atoms. The Hall–Kier alpha value is -11.6. The number of fused-ring (bicyclic) bond motifs is 2. The largest absolute Gasteiger partial charge is 0.463 e. The van der Waals surface area contributed by atoms with E-state index >= 15 is 28.8 Å². The second-order valence-corrected chi connectivity index (χ2v) is 36.3. The minimum absolute atomic E-state index is 0.0152. The summed E-state index contributed by atoms with van der Waals surface area (Å²) in [6.45, 7) is 25.4. The Labute approximate surface area is 707 Å². The van der Waals surface area contributed by atoms with Crippen LogP contribution in [0, 0.1) is 0 Å². The molecular formula is C96H104N4O22. The summed E-state index contributed by atoms with van der Waals surface area (Å²) in [6, 6.07) is 36.0. The Kier molecular flexibility index (Phi) is 24.3. The van der Waals surface area contributed by atoms with E-state index in [1.807, 2.05) is 48.5 Å². The molecule has 6 aliphatic heterocycles. The number of hydrogen-bond donors (Lipinski definition) is 0. The number of epoxide rings is 4. The minimum atomic E-state index is -0.889. The lowest BCUT2D eigenvalue weighted by Gasteiger charge is -2.33. The zero-order valence-electron chi connectivity index (χ0n) is 71.2. The van der Waals surface area contributed by atoms with Crippen molar-refractivity contribution in [3.63, 3.8) is 0 Å². The number of esters is 4. The Balaban J connectivity index is 0.947. The van der Waals surface area contributed by atoms with E-state index in [2.05, 4.69) is 83.1 Å². The minimum Gasteiger partial charge on any atom is -0.463 e. The van der Waals surface area contributed by atoms with Crippen molar-refractivity contribution >= 4 is 102 Å². The van der Waals surface area contributed by atoms with Gasteiger partial charge < -0.3 is 66.6 Å². The monoisotopic (exact) mass is 1660 g/mol. The van der Waals surface area contributed by atoms with Crippen molar-refractivity contribution in [2.24, 2.45) is 0 Å². The maximum Gasteiger partial charge on any atom is 0.305 e. The summed E-state index contributed by atoms with van der Waals surface area (Å²) in [6.07, 6.45) is -0.533. The van der Waals surface area contributed by atoms with Gasteiger partial charge in [0.05, 0.1) is 48.7 Å². The third-order valence-electron chi connectivity index (χ3n) is 22.7. The van der Waals surface area contributed by atoms with Crippen molar-refractivity contribution in [2.75, 3.05) is 92.1 Å². The van der Waals surface area contributed by atoms with Crippen LogP contribution in [-0.2, 0) is 88.3 Å². The number of nitrogens with zero attached hydrogens (tertiary/aromatic N) is 4. The van der Waals surface area contributed by atoms with Crippen LogP contribution >= 0.6 is 0 Å². The molecule has 640 valence electrons. The molecule has 4 unspecified atom stereocenters. The van der Waals surface area contributed by atoms with Gasteiger partial charge in [-0.05, 0) is 142 Å². The van der Waals surface area contributed by atoms with Crippen LogP contribution in [0.3, 0.4) is 0 Å². The molecule has 0 aliphatic carbocycles. The molecule has 9 aromatic rings. The normalized spacial score (nSPS) is 17.2. The summed E-state index contributed by atoms with van der Waals surface area (Å²) in [5, 5.41) is 1.52. The molecule has 0 spiro atoms. The van der Waals surface area contributed by atoms with Crippen LogP contribution in [0.15, 0.2) is 121 Å². The van der Waals surface area contributed by atoms with Crippen LogP contribution in [0.5, 0.6) is 46.0 Å². The molecule has 0 N–H and O–H groups in total. The molecule has 0 saturated carbocycles. The van der Waals surface area contributed by atoms with Crippen molar-refractivity contribution in [3.8, 4) is 46.0 Å². The van der Waals surface area contributed by atoms with Gasteiger partial charge in [-0.1, -0.05) is 132 Å². The van der Waals surface area contributed by atoms with Crippen LogP contribution in [0.2, 0.25) is 0 Å². The molecular weight excluding hydrogens is 1560 g/mol. The molecule has 4 atom stereocenters. The highest BCUT2D eigenvalue weighted by atomic mass is 16.6. The maximum atomic E-state index is 16.4. The highest BCUT2D eigenvalue weighted by Gasteiger charge is 2.44. The average Bonchev–Trinajstić information content (AvgIpc) is 0.978. The highest BCUT2D eigenvalue weighted by Crippen LogP contribution is 2.58. The number of carbonyl (C=O) groups is 10. The first-order valence-electron chi connectivity index (χ1n) is 42.0. The molecule has 4 saturated heterocycles. The first-order valence-corrected chi connectivity index (χ1v) is 42.0. The summed E-state index contributed by atoms with van der Waals surface area (Å²) in [4.78, 5) is 153. The lowest BCUT2D eigenvalue weighted by atomic mass is 9.80. The van der Waals surface area contributed by atoms with Gasteiger partial charge in [-0.25, -0.2) is 0 Å². The van der Waals surface area contributed by atoms with Crippen LogP contribution in [0.1, 0.15) is 198 Å². The topological polar surface area (TPSA) is 308 Å². The second-order valence-electron chi connectivity index (χ2n) is 36.3. The van der Waals surface area contributed by atoms with E-state index in [1.165, 1.54) is 34.1 Å². The van der Waals surface area contributed by atoms with Crippen molar-refractivity contribution < 1.29 is 105 Å². The van der Waals surface area contributed by atoms with Gasteiger partial charge in [0.1, 0.15) is 110 Å². The predicted octanol–water partition coefficient (Wildman–Crippen LogP) is 15.8. The Morgan fingerprint density at radius 3 is 0.713 bits per heavy atom. The van der Waals surface area contributed by atoms with E-state index < -0.39 is 72.4 Å². The number of carbonyl (C=O) groups excluding carboxylic acids is 10. The van der Waals surface area contributed by atoms with E-state index in [4.69, 9.17) is 56.8 Å². The number of amides is 6. The van der Waals surface area contributed by atoms with Crippen molar-refractivity contribution in [3.05, 3.63) is 166 Å². The van der Waals surface area contributed by atoms with E-state index in [0.717, 1.165) is 32.1 Å². The van der Waals surface area contributed by atoms with Crippen molar-refractivity contribution in [1.29, 1.82) is 0 Å². The lowest BCUT2D eigenvalue weighted by molar-refractivity contribution is -0.145. The predicted molar refractivity (Wildman–Crippen MR) is 452 cm³/mol. The summed E-state index contributed by atoms with van der Waals surface area (Å²) in [5.41, 5.74) is 2.30. The van der Waals surface area contributed by atoms with Gasteiger partial charge in [0.2, 0.25) is 11.8 Å². The summed E-state index contributed by atoms with van der Waals surface area (Å²) < 4.78 is 72.0. The van der Waals surface area contributed by atoms with Gasteiger partial charge in [0.25, 0.3) is 23.6 Å². The lowest BCUT2D eigenvalue weighted by Crippen LogP contribution is -2.48. The molecule has 26 heteroatoms. The fraction of sp³-hybridized carbons (Fsp3) is 0.438. The van der Waals surface area contributed by atoms with Gasteiger partial charge in [-0.2, -0.15) is 0 Å². The molecule has 15 rings (SSSR count). The zero-order valence-corrected chi connectivity index (χ0v) is 71.2. The zero-order chi connectivity index (χ0) is 86.4. The fourth-order valence-electron chi connectivity index (χ4n) is 15.4. The van der Waals surface area contributed by atoms with Crippen molar-refractivity contribution in [2.45, 2.75) is 181 Å². The summed E-state index contributed by atoms with van der Waals surface area (Å²) in [5.74, 6) is -5.69. The van der Waals surface area contributed by atoms with E-state index in [-0.39, 0.29) is 238 Å². The number of rotatable bonds is 36. The van der Waals surface area contributed by atoms with Crippen LogP contribution in [-0.4, -0.2) is 195 Å². The van der Waals surface area contributed by atoms with E-state index in [0.29, 0.717) is 49.4 Å². The average molecular weight is 1670 g/mol. The van der Waals surface area contributed by atoms with Gasteiger partial charge >= 0.3 is 23.9 Å². The van der Waals surface area contributed by atoms with Crippen LogP contribution in [0.4, 0.5) is 0 Å². The maximum absolute atomic E-state index is 16.4. The molecule has 0 bridgehead atoms. The standard InChI is InChI=1S/C96H104N4O22/c1-93(2,3)55-21-29-59(30-22-55)119-71-41-67-81-68(90(108)99(89(67)107)45-75(101)97(37-13-17-77(103)115-51-63-47-111-63)38-14-18-78(104)116-52-64-48-112-64)43-73(121-61-33-25-57(26-34-61)95(7,8)9)85-86-74(122-62-35-27-58(28-36-62)96(10,11)12)44-70-82-69(42-72(84(88(82)86)83(71)87(81)85)120-60-31-23-56(24-32-60)94(4,5)6)91(109)100(92(70)110)46-76(102)98(39-15-19-79(105)117-53-65-49-113-65)40-16-20-80(106)118-54-66-50-114-66/h21-36,41-44,63-66H,13-20,37-40,45-54H2,1-12H3. The molecule has 6 amide bonds. The van der Waals surface area contributed by atoms with Crippen LogP contribution in [0.25, 0.3) is 43.1 Å². The molecule has 9 aromatic carbocycles. The first kappa shape index (κ1) is 85.4. The quantitative estimate of drug-likeness (QED) is 0.00879. The van der Waals surface area contributed by atoms with E-state index in [9.17, 15) is 19.2 Å². The highest BCUT2D eigenvalue weighted by molar-refractivity contribution is 6.45. The number of benzene rings is 9. The molecule has 26 nitrogen and oxygen atoms in total. The Bertz CT molecular complexity index is 4900.